The van der Waals surface area contributed by atoms with Gasteiger partial charge in [-0.25, -0.2) is 9.97 Å². The maximum absolute atomic E-state index is 6.15. The van der Waals surface area contributed by atoms with Gasteiger partial charge in [-0.2, -0.15) is 0 Å². The standard InChI is InChI=1S/C18H22N4/c1-12-20-16-17(22(12)11-13-7-3-2-4-8-13)14-9-5-6-10-15(14)21-18(16)19/h5-6,9-10,13H,2-4,7-8,11H2,1H3,(H2,19,21). The summed E-state index contributed by atoms with van der Waals surface area (Å²) in [6.45, 7) is 3.13. The van der Waals surface area contributed by atoms with E-state index < -0.39 is 0 Å². The minimum atomic E-state index is 0.541. The SMILES string of the molecule is Cc1nc2c(N)nc3ccccc3c2n1CC1CCCCC1. The van der Waals surface area contributed by atoms with E-state index in [2.05, 4.69) is 28.6 Å². The minimum absolute atomic E-state index is 0.541. The predicted octanol–water partition coefficient (Wildman–Crippen LogP) is 4.06. The van der Waals surface area contributed by atoms with E-state index in [9.17, 15) is 0 Å². The van der Waals surface area contributed by atoms with Gasteiger partial charge in [0.05, 0.1) is 11.0 Å². The third-order valence-electron chi connectivity index (χ3n) is 4.97. The first-order valence-electron chi connectivity index (χ1n) is 8.25. The summed E-state index contributed by atoms with van der Waals surface area (Å²) in [5.74, 6) is 2.35. The normalized spacial score (nSPS) is 16.6. The average Bonchev–Trinajstić information content (AvgIpc) is 2.86. The van der Waals surface area contributed by atoms with E-state index in [4.69, 9.17) is 10.7 Å². The van der Waals surface area contributed by atoms with Crippen molar-refractivity contribution in [3.63, 3.8) is 0 Å². The molecule has 1 saturated carbocycles. The lowest BCUT2D eigenvalue weighted by atomic mass is 9.89. The molecule has 1 aromatic carbocycles. The lowest BCUT2D eigenvalue weighted by Gasteiger charge is -2.23. The van der Waals surface area contributed by atoms with E-state index >= 15 is 0 Å². The molecule has 114 valence electrons. The molecule has 0 atom stereocenters. The monoisotopic (exact) mass is 294 g/mol. The molecule has 0 saturated heterocycles. The average molecular weight is 294 g/mol. The molecule has 0 spiro atoms. The van der Waals surface area contributed by atoms with E-state index in [1.165, 1.54) is 32.1 Å². The molecule has 1 fully saturated rings. The second kappa shape index (κ2) is 5.27. The summed E-state index contributed by atoms with van der Waals surface area (Å²) in [4.78, 5) is 9.21. The van der Waals surface area contributed by atoms with Crippen molar-refractivity contribution < 1.29 is 0 Å². The number of hydrogen-bond acceptors (Lipinski definition) is 3. The third-order valence-corrected chi connectivity index (χ3v) is 4.97. The molecule has 2 N–H and O–H groups in total. The number of nitrogen functional groups attached to an aromatic ring is 1. The van der Waals surface area contributed by atoms with Crippen LogP contribution in [0.1, 0.15) is 37.9 Å². The molecule has 2 aromatic heterocycles. The van der Waals surface area contributed by atoms with Crippen molar-refractivity contribution in [2.45, 2.75) is 45.6 Å². The zero-order valence-electron chi connectivity index (χ0n) is 13.0. The minimum Gasteiger partial charge on any atom is -0.382 e. The first kappa shape index (κ1) is 13.6. The van der Waals surface area contributed by atoms with Gasteiger partial charge in [0.1, 0.15) is 11.3 Å². The van der Waals surface area contributed by atoms with Gasteiger partial charge in [0.2, 0.25) is 0 Å². The molecule has 0 aliphatic heterocycles. The highest BCUT2D eigenvalue weighted by Gasteiger charge is 2.19. The third kappa shape index (κ3) is 2.14. The number of anilines is 1. The van der Waals surface area contributed by atoms with Gasteiger partial charge < -0.3 is 10.3 Å². The van der Waals surface area contributed by atoms with Crippen molar-refractivity contribution in [3.05, 3.63) is 30.1 Å². The van der Waals surface area contributed by atoms with Crippen molar-refractivity contribution in [1.82, 2.24) is 14.5 Å². The van der Waals surface area contributed by atoms with Crippen LogP contribution in [0.4, 0.5) is 5.82 Å². The molecule has 4 rings (SSSR count). The number of nitrogens with two attached hydrogens (primary N) is 1. The highest BCUT2D eigenvalue weighted by Crippen LogP contribution is 2.31. The predicted molar refractivity (Wildman–Crippen MR) is 90.8 cm³/mol. The van der Waals surface area contributed by atoms with Crippen molar-refractivity contribution in [1.29, 1.82) is 0 Å². The van der Waals surface area contributed by atoms with E-state index in [0.29, 0.717) is 5.82 Å². The van der Waals surface area contributed by atoms with E-state index in [0.717, 1.165) is 40.2 Å². The number of fused-ring (bicyclic) bond motifs is 3. The van der Waals surface area contributed by atoms with Crippen LogP contribution in [0.3, 0.4) is 0 Å². The van der Waals surface area contributed by atoms with E-state index in [1.807, 2.05) is 12.1 Å². The smallest absolute Gasteiger partial charge is 0.152 e. The van der Waals surface area contributed by atoms with Crippen LogP contribution in [0.25, 0.3) is 21.9 Å². The zero-order valence-corrected chi connectivity index (χ0v) is 13.0. The molecule has 1 aliphatic carbocycles. The quantitative estimate of drug-likeness (QED) is 0.775. The van der Waals surface area contributed by atoms with Crippen LogP contribution in [0.15, 0.2) is 24.3 Å². The van der Waals surface area contributed by atoms with Crippen LogP contribution in [-0.4, -0.2) is 14.5 Å². The van der Waals surface area contributed by atoms with Gasteiger partial charge in [-0.3, -0.25) is 0 Å². The molecule has 4 nitrogen and oxygen atoms in total. The first-order valence-corrected chi connectivity index (χ1v) is 8.25. The molecule has 0 bridgehead atoms. The Labute approximate surface area is 130 Å². The lowest BCUT2D eigenvalue weighted by Crippen LogP contribution is -2.15. The summed E-state index contributed by atoms with van der Waals surface area (Å²) in [5, 5.41) is 1.16. The number of aryl methyl sites for hydroxylation is 1. The summed E-state index contributed by atoms with van der Waals surface area (Å²) < 4.78 is 2.37. The van der Waals surface area contributed by atoms with E-state index in [1.54, 1.807) is 0 Å². The highest BCUT2D eigenvalue weighted by atomic mass is 15.1. The van der Waals surface area contributed by atoms with Crippen LogP contribution in [0.5, 0.6) is 0 Å². The molecule has 22 heavy (non-hydrogen) atoms. The fourth-order valence-electron chi connectivity index (χ4n) is 3.82. The number of pyridine rings is 1. The van der Waals surface area contributed by atoms with Gasteiger partial charge in [0.25, 0.3) is 0 Å². The molecule has 4 heteroatoms. The van der Waals surface area contributed by atoms with Crippen LogP contribution < -0.4 is 5.73 Å². The maximum Gasteiger partial charge on any atom is 0.152 e. The van der Waals surface area contributed by atoms with Crippen molar-refractivity contribution in [2.75, 3.05) is 5.73 Å². The maximum atomic E-state index is 6.15. The first-order chi connectivity index (χ1) is 10.7. The molecule has 0 unspecified atom stereocenters. The molecule has 2 heterocycles. The van der Waals surface area contributed by atoms with Crippen LogP contribution in [-0.2, 0) is 6.54 Å². The van der Waals surface area contributed by atoms with Gasteiger partial charge in [-0.1, -0.05) is 37.5 Å². The summed E-state index contributed by atoms with van der Waals surface area (Å²) in [5.41, 5.74) is 9.12. The fourth-order valence-corrected chi connectivity index (χ4v) is 3.82. The van der Waals surface area contributed by atoms with Crippen LogP contribution in [0, 0.1) is 12.8 Å². The number of rotatable bonds is 2. The Morgan fingerprint density at radius 2 is 1.91 bits per heavy atom. The molecule has 3 aromatic rings. The zero-order chi connectivity index (χ0) is 15.1. The summed E-state index contributed by atoms with van der Waals surface area (Å²) >= 11 is 0. The largest absolute Gasteiger partial charge is 0.382 e. The molecule has 0 amide bonds. The Hall–Kier alpha value is -2.10. The summed E-state index contributed by atoms with van der Waals surface area (Å²) in [6, 6.07) is 8.23. The van der Waals surface area contributed by atoms with Crippen molar-refractivity contribution >= 4 is 27.8 Å². The lowest BCUT2D eigenvalue weighted by molar-refractivity contribution is 0.320. The van der Waals surface area contributed by atoms with Crippen molar-refractivity contribution in [2.24, 2.45) is 5.92 Å². The van der Waals surface area contributed by atoms with E-state index in [-0.39, 0.29) is 0 Å². The summed E-state index contributed by atoms with van der Waals surface area (Å²) in [6.07, 6.45) is 6.77. The Balaban J connectivity index is 1.91. The number of nitrogens with zero attached hydrogens (tertiary/aromatic N) is 3. The molecule has 0 radical (unpaired) electrons. The van der Waals surface area contributed by atoms with Crippen molar-refractivity contribution in [3.8, 4) is 0 Å². The number of benzene rings is 1. The van der Waals surface area contributed by atoms with Crippen LogP contribution >= 0.6 is 0 Å². The Morgan fingerprint density at radius 3 is 2.73 bits per heavy atom. The fraction of sp³-hybridized carbons (Fsp3) is 0.444. The number of para-hydroxylation sites is 1. The van der Waals surface area contributed by atoms with Crippen LogP contribution in [0.2, 0.25) is 0 Å². The van der Waals surface area contributed by atoms with Gasteiger partial charge in [-0.05, 0) is 31.7 Å². The topological polar surface area (TPSA) is 56.7 Å². The molecular formula is C18H22N4. The number of hydrogen-bond donors (Lipinski definition) is 1. The Kier molecular flexibility index (Phi) is 3.25. The Morgan fingerprint density at radius 1 is 1.14 bits per heavy atom. The second-order valence-electron chi connectivity index (χ2n) is 6.49. The highest BCUT2D eigenvalue weighted by molar-refractivity contribution is 6.06. The Bertz CT molecular complexity index is 828. The second-order valence-corrected chi connectivity index (χ2v) is 6.49. The van der Waals surface area contributed by atoms with Gasteiger partial charge in [0, 0.05) is 11.9 Å². The number of aromatic nitrogens is 3. The summed E-state index contributed by atoms with van der Waals surface area (Å²) in [7, 11) is 0. The number of imidazole rings is 1. The van der Waals surface area contributed by atoms with Gasteiger partial charge in [-0.15, -0.1) is 0 Å². The van der Waals surface area contributed by atoms with Gasteiger partial charge >= 0.3 is 0 Å². The van der Waals surface area contributed by atoms with Gasteiger partial charge in [0.15, 0.2) is 5.82 Å². The molecular weight excluding hydrogens is 272 g/mol. The molecule has 1 aliphatic rings.